The minimum atomic E-state index is -0.0579. The highest BCUT2D eigenvalue weighted by molar-refractivity contribution is 7.99. The summed E-state index contributed by atoms with van der Waals surface area (Å²) in [5.74, 6) is 1.03. The Morgan fingerprint density at radius 1 is 1.42 bits per heavy atom. The summed E-state index contributed by atoms with van der Waals surface area (Å²) in [6.07, 6.45) is 2.55. The van der Waals surface area contributed by atoms with Gasteiger partial charge in [-0.05, 0) is 36.6 Å². The number of rotatable bonds is 4. The molecule has 1 aromatic heterocycles. The van der Waals surface area contributed by atoms with Crippen LogP contribution in [0.1, 0.15) is 36.6 Å². The van der Waals surface area contributed by atoms with Gasteiger partial charge in [-0.1, -0.05) is 11.6 Å². The number of thioether (sulfide) groups is 1. The number of nitrogens with zero attached hydrogens (tertiary/aromatic N) is 2. The fraction of sp³-hybridized carbons (Fsp3) is 0.389. The first kappa shape index (κ1) is 17.8. The number of thiazole rings is 1. The predicted molar refractivity (Wildman–Crippen MR) is 105 cm³/mol. The second-order valence-corrected chi connectivity index (χ2v) is 8.80. The van der Waals surface area contributed by atoms with Gasteiger partial charge in [0.1, 0.15) is 0 Å². The standard InChI is InChI=1S/C18H18ClN3O2S2/c19-11-3-4-15-13(8-11)14(5-7-25-15)21-16(23)9-12-10-26-18(20-12)22-6-1-2-17(22)24/h3-4,8,10,14H,1-2,5-7,9H2,(H,21,23)/t14-/m1/s1. The van der Waals surface area contributed by atoms with Crippen molar-refractivity contribution in [2.45, 2.75) is 36.6 Å². The molecule has 26 heavy (non-hydrogen) atoms. The van der Waals surface area contributed by atoms with Crippen molar-refractivity contribution in [3.8, 4) is 0 Å². The van der Waals surface area contributed by atoms with Crippen LogP contribution >= 0.6 is 34.7 Å². The molecule has 1 N–H and O–H groups in total. The Bertz CT molecular complexity index is 855. The number of hydrogen-bond donors (Lipinski definition) is 1. The monoisotopic (exact) mass is 407 g/mol. The van der Waals surface area contributed by atoms with Gasteiger partial charge >= 0.3 is 0 Å². The summed E-state index contributed by atoms with van der Waals surface area (Å²) < 4.78 is 0. The molecule has 2 aliphatic rings. The van der Waals surface area contributed by atoms with Crippen LogP contribution < -0.4 is 10.2 Å². The van der Waals surface area contributed by atoms with E-state index in [9.17, 15) is 9.59 Å². The van der Waals surface area contributed by atoms with E-state index in [1.807, 2.05) is 23.6 Å². The summed E-state index contributed by atoms with van der Waals surface area (Å²) in [7, 11) is 0. The van der Waals surface area contributed by atoms with Crippen molar-refractivity contribution in [3.63, 3.8) is 0 Å². The maximum atomic E-state index is 12.5. The largest absolute Gasteiger partial charge is 0.349 e. The third-order valence-corrected chi connectivity index (χ3v) is 6.80. The zero-order valence-electron chi connectivity index (χ0n) is 14.0. The average molecular weight is 408 g/mol. The van der Waals surface area contributed by atoms with Crippen molar-refractivity contribution in [3.05, 3.63) is 39.9 Å². The van der Waals surface area contributed by atoms with Crippen LogP contribution in [0.3, 0.4) is 0 Å². The fourth-order valence-electron chi connectivity index (χ4n) is 3.28. The summed E-state index contributed by atoms with van der Waals surface area (Å²) >= 11 is 9.34. The number of carbonyl (C=O) groups is 2. The van der Waals surface area contributed by atoms with Gasteiger partial charge in [0.05, 0.1) is 18.2 Å². The number of benzene rings is 1. The van der Waals surface area contributed by atoms with Crippen molar-refractivity contribution in [1.29, 1.82) is 0 Å². The van der Waals surface area contributed by atoms with Crippen LogP contribution in [0, 0.1) is 0 Å². The molecule has 2 amide bonds. The molecular formula is C18H18ClN3O2S2. The molecule has 1 saturated heterocycles. The Morgan fingerprint density at radius 2 is 2.31 bits per heavy atom. The first-order valence-corrected chi connectivity index (χ1v) is 10.8. The molecule has 1 atom stereocenters. The third-order valence-electron chi connectivity index (χ3n) is 4.53. The molecule has 4 rings (SSSR count). The number of aromatic nitrogens is 1. The van der Waals surface area contributed by atoms with Gasteiger partial charge in [-0.25, -0.2) is 4.98 Å². The molecule has 0 saturated carbocycles. The van der Waals surface area contributed by atoms with Crippen LogP contribution in [0.4, 0.5) is 5.13 Å². The normalized spacial score (nSPS) is 19.5. The Labute approximate surface area is 165 Å². The molecular weight excluding hydrogens is 390 g/mol. The Morgan fingerprint density at radius 3 is 3.12 bits per heavy atom. The molecule has 0 radical (unpaired) electrons. The molecule has 0 bridgehead atoms. The summed E-state index contributed by atoms with van der Waals surface area (Å²) in [6, 6.07) is 5.82. The number of hydrogen-bond acceptors (Lipinski definition) is 5. The first-order valence-electron chi connectivity index (χ1n) is 8.56. The number of fused-ring (bicyclic) bond motifs is 1. The Hall–Kier alpha value is -1.57. The van der Waals surface area contributed by atoms with E-state index in [0.717, 1.165) is 30.7 Å². The molecule has 2 aromatic rings. The molecule has 0 spiro atoms. The van der Waals surface area contributed by atoms with Crippen LogP contribution in [0.15, 0.2) is 28.5 Å². The van der Waals surface area contributed by atoms with Gasteiger partial charge < -0.3 is 5.32 Å². The molecule has 3 heterocycles. The van der Waals surface area contributed by atoms with E-state index < -0.39 is 0 Å². The lowest BCUT2D eigenvalue weighted by atomic mass is 10.0. The van der Waals surface area contributed by atoms with E-state index in [-0.39, 0.29) is 24.3 Å². The maximum absolute atomic E-state index is 12.5. The van der Waals surface area contributed by atoms with E-state index >= 15 is 0 Å². The summed E-state index contributed by atoms with van der Waals surface area (Å²) in [6.45, 7) is 0.718. The van der Waals surface area contributed by atoms with Crippen LogP contribution in [0.5, 0.6) is 0 Å². The molecule has 1 aromatic carbocycles. The van der Waals surface area contributed by atoms with Crippen molar-refractivity contribution in [2.75, 3.05) is 17.2 Å². The highest BCUT2D eigenvalue weighted by Gasteiger charge is 2.25. The van der Waals surface area contributed by atoms with E-state index in [2.05, 4.69) is 10.3 Å². The minimum Gasteiger partial charge on any atom is -0.349 e. The summed E-state index contributed by atoms with van der Waals surface area (Å²) in [5, 5.41) is 6.36. The van der Waals surface area contributed by atoms with Crippen LogP contribution in [0.25, 0.3) is 0 Å². The smallest absolute Gasteiger partial charge is 0.228 e. The Balaban J connectivity index is 1.42. The van der Waals surface area contributed by atoms with Crippen molar-refractivity contribution in [1.82, 2.24) is 10.3 Å². The predicted octanol–water partition coefficient (Wildman–Crippen LogP) is 3.82. The van der Waals surface area contributed by atoms with Crippen LogP contribution in [0.2, 0.25) is 5.02 Å². The third kappa shape index (κ3) is 3.75. The second-order valence-electron chi connectivity index (χ2n) is 6.39. The number of halogens is 1. The lowest BCUT2D eigenvalue weighted by molar-refractivity contribution is -0.121. The molecule has 5 nitrogen and oxygen atoms in total. The second kappa shape index (κ2) is 7.58. The summed E-state index contributed by atoms with van der Waals surface area (Å²) in [5.41, 5.74) is 1.79. The average Bonchev–Trinajstić information content (AvgIpc) is 3.24. The van der Waals surface area contributed by atoms with E-state index in [0.29, 0.717) is 22.3 Å². The zero-order valence-corrected chi connectivity index (χ0v) is 16.4. The lowest BCUT2D eigenvalue weighted by Crippen LogP contribution is -2.32. The van der Waals surface area contributed by atoms with Crippen LogP contribution in [-0.2, 0) is 16.0 Å². The SMILES string of the molecule is O=C(Cc1csc(N2CCCC2=O)n1)N[C@@H]1CCSc2ccc(Cl)cc21. The maximum Gasteiger partial charge on any atom is 0.228 e. The topological polar surface area (TPSA) is 62.3 Å². The molecule has 0 aliphatic carbocycles. The van der Waals surface area contributed by atoms with E-state index in [1.54, 1.807) is 16.7 Å². The molecule has 2 aliphatic heterocycles. The van der Waals surface area contributed by atoms with Gasteiger partial charge in [-0.2, -0.15) is 0 Å². The quantitative estimate of drug-likeness (QED) is 0.836. The Kier molecular flexibility index (Phi) is 5.20. The fourth-order valence-corrected chi connectivity index (χ4v) is 5.43. The molecule has 8 heteroatoms. The van der Waals surface area contributed by atoms with Crippen LogP contribution in [-0.4, -0.2) is 29.1 Å². The number of amides is 2. The zero-order chi connectivity index (χ0) is 18.1. The van der Waals surface area contributed by atoms with E-state index in [4.69, 9.17) is 11.6 Å². The van der Waals surface area contributed by atoms with E-state index in [1.165, 1.54) is 16.2 Å². The number of nitrogens with one attached hydrogen (secondary N) is 1. The molecule has 136 valence electrons. The number of carbonyl (C=O) groups excluding carboxylic acids is 2. The lowest BCUT2D eigenvalue weighted by Gasteiger charge is -2.26. The van der Waals surface area contributed by atoms with Gasteiger partial charge in [0, 0.05) is 34.0 Å². The van der Waals surface area contributed by atoms with Gasteiger partial charge in [0.25, 0.3) is 0 Å². The first-order chi connectivity index (χ1) is 12.6. The minimum absolute atomic E-state index is 0.0179. The number of anilines is 1. The molecule has 0 unspecified atom stereocenters. The van der Waals surface area contributed by atoms with Gasteiger partial charge in [0.2, 0.25) is 11.8 Å². The summed E-state index contributed by atoms with van der Waals surface area (Å²) in [4.78, 5) is 31.7. The van der Waals surface area contributed by atoms with Gasteiger partial charge in [0.15, 0.2) is 5.13 Å². The molecule has 1 fully saturated rings. The van der Waals surface area contributed by atoms with Crippen molar-refractivity contribution in [2.24, 2.45) is 0 Å². The van der Waals surface area contributed by atoms with Gasteiger partial charge in [-0.15, -0.1) is 23.1 Å². The van der Waals surface area contributed by atoms with Crippen molar-refractivity contribution < 1.29 is 9.59 Å². The highest BCUT2D eigenvalue weighted by atomic mass is 35.5. The highest BCUT2D eigenvalue weighted by Crippen LogP contribution is 2.37. The van der Waals surface area contributed by atoms with Gasteiger partial charge in [-0.3, -0.25) is 14.5 Å². The van der Waals surface area contributed by atoms with Crippen molar-refractivity contribution >= 4 is 51.6 Å².